The van der Waals surface area contributed by atoms with E-state index in [0.29, 0.717) is 10.7 Å². The molecule has 0 spiro atoms. The number of nitrogens with zero attached hydrogens (tertiary/aromatic N) is 1. The standard InChI is InChI=1S/C18H13ClF3N3O/c1-11-15(19)6-3-7-16(11)24-10-12(9-23)17(26)25-14-5-2-4-13(8-14)18(20,21)22/h2-8,10,24H,1H3,(H,25,26)/b12-10-. The number of carbonyl (C=O) groups excluding carboxylic acids is 1. The van der Waals surface area contributed by atoms with Crippen LogP contribution in [0.25, 0.3) is 0 Å². The van der Waals surface area contributed by atoms with Gasteiger partial charge in [-0.2, -0.15) is 18.4 Å². The second-order valence-corrected chi connectivity index (χ2v) is 5.67. The Bertz CT molecular complexity index is 901. The summed E-state index contributed by atoms with van der Waals surface area (Å²) in [4.78, 5) is 12.1. The van der Waals surface area contributed by atoms with E-state index in [2.05, 4.69) is 10.6 Å². The van der Waals surface area contributed by atoms with Gasteiger partial charge in [0.15, 0.2) is 0 Å². The molecule has 0 unspecified atom stereocenters. The molecule has 0 aliphatic heterocycles. The van der Waals surface area contributed by atoms with Crippen LogP contribution in [0.1, 0.15) is 11.1 Å². The Morgan fingerprint density at radius 2 is 1.92 bits per heavy atom. The summed E-state index contributed by atoms with van der Waals surface area (Å²) >= 11 is 5.99. The molecule has 0 radical (unpaired) electrons. The molecule has 2 aromatic carbocycles. The predicted octanol–water partition coefficient (Wildman–Crippen LogP) is 5.13. The van der Waals surface area contributed by atoms with Crippen LogP contribution in [0.5, 0.6) is 0 Å². The fourth-order valence-corrected chi connectivity index (χ4v) is 2.21. The van der Waals surface area contributed by atoms with Gasteiger partial charge in [0.05, 0.1) is 5.56 Å². The highest BCUT2D eigenvalue weighted by molar-refractivity contribution is 6.31. The highest BCUT2D eigenvalue weighted by Crippen LogP contribution is 2.30. The Hall–Kier alpha value is -2.98. The number of alkyl halides is 3. The molecule has 0 aliphatic rings. The van der Waals surface area contributed by atoms with Crippen molar-refractivity contribution < 1.29 is 18.0 Å². The number of hydrogen-bond acceptors (Lipinski definition) is 3. The Kier molecular flexibility index (Phi) is 5.90. The molecule has 0 bridgehead atoms. The second kappa shape index (κ2) is 7.93. The van der Waals surface area contributed by atoms with Crippen LogP contribution in [-0.2, 0) is 11.0 Å². The number of benzene rings is 2. The van der Waals surface area contributed by atoms with Gasteiger partial charge in [0, 0.05) is 22.6 Å². The van der Waals surface area contributed by atoms with Crippen molar-refractivity contribution in [3.63, 3.8) is 0 Å². The van der Waals surface area contributed by atoms with Crippen LogP contribution in [0.3, 0.4) is 0 Å². The maximum atomic E-state index is 12.7. The minimum Gasteiger partial charge on any atom is -0.360 e. The summed E-state index contributed by atoms with van der Waals surface area (Å²) < 4.78 is 38.1. The predicted molar refractivity (Wildman–Crippen MR) is 93.6 cm³/mol. The summed E-state index contributed by atoms with van der Waals surface area (Å²) in [7, 11) is 0. The molecule has 0 heterocycles. The van der Waals surface area contributed by atoms with Crippen LogP contribution >= 0.6 is 11.6 Å². The maximum Gasteiger partial charge on any atom is 0.416 e. The van der Waals surface area contributed by atoms with Crippen molar-refractivity contribution in [2.24, 2.45) is 0 Å². The lowest BCUT2D eigenvalue weighted by molar-refractivity contribution is -0.137. The first kappa shape index (κ1) is 19.3. The number of nitrogens with one attached hydrogen (secondary N) is 2. The lowest BCUT2D eigenvalue weighted by atomic mass is 10.2. The quantitative estimate of drug-likeness (QED) is 0.572. The average Bonchev–Trinajstić information content (AvgIpc) is 2.58. The van der Waals surface area contributed by atoms with E-state index >= 15 is 0 Å². The number of hydrogen-bond donors (Lipinski definition) is 2. The maximum absolute atomic E-state index is 12.7. The number of rotatable bonds is 4. The monoisotopic (exact) mass is 379 g/mol. The summed E-state index contributed by atoms with van der Waals surface area (Å²) in [6, 6.07) is 10.9. The van der Waals surface area contributed by atoms with Crippen molar-refractivity contribution in [3.05, 3.63) is 70.4 Å². The van der Waals surface area contributed by atoms with Crippen molar-refractivity contribution >= 4 is 28.9 Å². The molecule has 0 aliphatic carbocycles. The molecule has 0 saturated carbocycles. The fourth-order valence-electron chi connectivity index (χ4n) is 2.03. The Labute approximate surface area is 152 Å². The van der Waals surface area contributed by atoms with Crippen molar-refractivity contribution in [3.8, 4) is 6.07 Å². The van der Waals surface area contributed by atoms with E-state index in [-0.39, 0.29) is 11.3 Å². The third kappa shape index (κ3) is 4.77. The van der Waals surface area contributed by atoms with E-state index in [1.54, 1.807) is 31.2 Å². The van der Waals surface area contributed by atoms with Crippen molar-refractivity contribution in [1.29, 1.82) is 5.26 Å². The van der Waals surface area contributed by atoms with Crippen LogP contribution in [0.15, 0.2) is 54.2 Å². The van der Waals surface area contributed by atoms with Crippen LogP contribution in [-0.4, -0.2) is 5.91 Å². The van der Waals surface area contributed by atoms with Crippen LogP contribution in [0.4, 0.5) is 24.5 Å². The molecule has 1 amide bonds. The van der Waals surface area contributed by atoms with Crippen molar-refractivity contribution in [1.82, 2.24) is 0 Å². The molecule has 0 aromatic heterocycles. The van der Waals surface area contributed by atoms with Crippen LogP contribution in [0, 0.1) is 18.3 Å². The molecular weight excluding hydrogens is 367 g/mol. The van der Waals surface area contributed by atoms with Gasteiger partial charge in [-0.05, 0) is 42.8 Å². The fraction of sp³-hybridized carbons (Fsp3) is 0.111. The van der Waals surface area contributed by atoms with E-state index in [1.165, 1.54) is 18.3 Å². The summed E-state index contributed by atoms with van der Waals surface area (Å²) in [6.07, 6.45) is -3.36. The van der Waals surface area contributed by atoms with Gasteiger partial charge in [0.2, 0.25) is 0 Å². The van der Waals surface area contributed by atoms with E-state index in [4.69, 9.17) is 16.9 Å². The number of halogens is 4. The summed E-state index contributed by atoms with van der Waals surface area (Å²) in [5.41, 5.74) is 0.0512. The van der Waals surface area contributed by atoms with Crippen LogP contribution < -0.4 is 10.6 Å². The van der Waals surface area contributed by atoms with Gasteiger partial charge in [-0.3, -0.25) is 4.79 Å². The van der Waals surface area contributed by atoms with Crippen LogP contribution in [0.2, 0.25) is 5.02 Å². The third-order valence-electron chi connectivity index (χ3n) is 3.45. The largest absolute Gasteiger partial charge is 0.416 e. The second-order valence-electron chi connectivity index (χ2n) is 5.26. The molecular formula is C18H13ClF3N3O. The van der Waals surface area contributed by atoms with E-state index in [1.807, 2.05) is 0 Å². The minimum atomic E-state index is -4.53. The highest BCUT2D eigenvalue weighted by atomic mass is 35.5. The van der Waals surface area contributed by atoms with Gasteiger partial charge < -0.3 is 10.6 Å². The first-order chi connectivity index (χ1) is 12.2. The number of nitriles is 1. The molecule has 134 valence electrons. The van der Waals surface area contributed by atoms with Crippen molar-refractivity contribution in [2.75, 3.05) is 10.6 Å². The third-order valence-corrected chi connectivity index (χ3v) is 3.86. The van der Waals surface area contributed by atoms with Gasteiger partial charge in [0.1, 0.15) is 11.6 Å². The van der Waals surface area contributed by atoms with E-state index < -0.39 is 17.6 Å². The summed E-state index contributed by atoms with van der Waals surface area (Å²) in [5, 5.41) is 14.7. The number of carbonyl (C=O) groups is 1. The Morgan fingerprint density at radius 1 is 1.23 bits per heavy atom. The SMILES string of the molecule is Cc1c(Cl)cccc1N/C=C(/C#N)C(=O)Nc1cccc(C(F)(F)F)c1. The molecule has 2 N–H and O–H groups in total. The zero-order chi connectivity index (χ0) is 19.3. The zero-order valence-corrected chi connectivity index (χ0v) is 14.2. The first-order valence-electron chi connectivity index (χ1n) is 7.33. The van der Waals surface area contributed by atoms with Gasteiger partial charge in [-0.1, -0.05) is 23.7 Å². The van der Waals surface area contributed by atoms with Gasteiger partial charge >= 0.3 is 6.18 Å². The molecule has 8 heteroatoms. The number of amides is 1. The Morgan fingerprint density at radius 3 is 2.58 bits per heavy atom. The molecule has 26 heavy (non-hydrogen) atoms. The average molecular weight is 380 g/mol. The Balaban J connectivity index is 2.17. The van der Waals surface area contributed by atoms with E-state index in [9.17, 15) is 18.0 Å². The molecule has 2 rings (SSSR count). The smallest absolute Gasteiger partial charge is 0.360 e. The molecule has 0 saturated heterocycles. The number of anilines is 2. The zero-order valence-electron chi connectivity index (χ0n) is 13.5. The first-order valence-corrected chi connectivity index (χ1v) is 7.70. The van der Waals surface area contributed by atoms with Gasteiger partial charge in [-0.15, -0.1) is 0 Å². The highest BCUT2D eigenvalue weighted by Gasteiger charge is 2.30. The topological polar surface area (TPSA) is 64.9 Å². The van der Waals surface area contributed by atoms with E-state index in [0.717, 1.165) is 17.7 Å². The molecule has 0 atom stereocenters. The summed E-state index contributed by atoms with van der Waals surface area (Å²) in [6.45, 7) is 1.76. The molecule has 2 aromatic rings. The normalized spacial score (nSPS) is 11.6. The van der Waals surface area contributed by atoms with Gasteiger partial charge in [-0.25, -0.2) is 0 Å². The lowest BCUT2D eigenvalue weighted by Gasteiger charge is -2.10. The molecule has 4 nitrogen and oxygen atoms in total. The lowest BCUT2D eigenvalue weighted by Crippen LogP contribution is -2.15. The van der Waals surface area contributed by atoms with Crippen molar-refractivity contribution in [2.45, 2.75) is 13.1 Å². The minimum absolute atomic E-state index is 0.0649. The molecule has 0 fully saturated rings. The van der Waals surface area contributed by atoms with Gasteiger partial charge in [0.25, 0.3) is 5.91 Å². The summed E-state index contributed by atoms with van der Waals surface area (Å²) in [5.74, 6) is -0.834.